The number of benzene rings is 1. The number of alkyl carbamates (subject to hydrolysis) is 1. The molecule has 0 heterocycles. The fraction of sp³-hybridized carbons (Fsp3) is 0.667. The van der Waals surface area contributed by atoms with Crippen molar-refractivity contribution in [2.75, 3.05) is 6.54 Å². The Morgan fingerprint density at radius 2 is 1.56 bits per heavy atom. The highest BCUT2D eigenvalue weighted by molar-refractivity contribution is 5.92. The minimum absolute atomic E-state index is 0.149. The van der Waals surface area contributed by atoms with E-state index in [0.29, 0.717) is 19.4 Å². The average molecular weight is 476 g/mol. The first-order valence-corrected chi connectivity index (χ1v) is 12.3. The third-order valence-corrected chi connectivity index (χ3v) is 5.35. The van der Waals surface area contributed by atoms with Crippen LogP contribution in [-0.4, -0.2) is 46.5 Å². The monoisotopic (exact) mass is 475 g/mol. The van der Waals surface area contributed by atoms with Crippen molar-refractivity contribution >= 4 is 17.9 Å². The Morgan fingerprint density at radius 1 is 1.00 bits per heavy atom. The summed E-state index contributed by atoms with van der Waals surface area (Å²) in [6.45, 7) is 19.3. The molecule has 0 radical (unpaired) electrons. The molecule has 3 atom stereocenters. The summed E-state index contributed by atoms with van der Waals surface area (Å²) >= 11 is 0. The Kier molecular flexibility index (Phi) is 10.6. The van der Waals surface area contributed by atoms with Gasteiger partial charge in [-0.15, -0.1) is 0 Å². The van der Waals surface area contributed by atoms with E-state index < -0.39 is 29.3 Å². The van der Waals surface area contributed by atoms with E-state index in [4.69, 9.17) is 4.74 Å². The van der Waals surface area contributed by atoms with Gasteiger partial charge in [0.05, 0.1) is 0 Å². The predicted octanol–water partition coefficient (Wildman–Crippen LogP) is 5.13. The van der Waals surface area contributed by atoms with Gasteiger partial charge in [-0.3, -0.25) is 9.59 Å². The SMILES string of the molecule is CCCN(C(=O)C(NC(=O)OC(C)(C)C)C(C)CC)C(C(=O)NC(C)(C)C)c1ccc(C)cc1. The standard InChI is InChI=1S/C27H45N3O4/c1-11-17-30(24(32)21(19(4)12-2)28-25(33)34-27(8,9)10)22(23(31)29-26(5,6)7)20-15-13-18(3)14-16-20/h13-16,19,21-22H,11-12,17H2,1-10H3,(H,28,33)(H,29,31). The van der Waals surface area contributed by atoms with Gasteiger partial charge in [0.15, 0.2) is 0 Å². The van der Waals surface area contributed by atoms with Gasteiger partial charge in [-0.05, 0) is 66.4 Å². The van der Waals surface area contributed by atoms with Gasteiger partial charge in [-0.2, -0.15) is 0 Å². The van der Waals surface area contributed by atoms with Crippen molar-refractivity contribution < 1.29 is 19.1 Å². The van der Waals surface area contributed by atoms with Crippen molar-refractivity contribution in [2.45, 2.75) is 105 Å². The van der Waals surface area contributed by atoms with Gasteiger partial charge < -0.3 is 20.3 Å². The minimum Gasteiger partial charge on any atom is -0.444 e. The van der Waals surface area contributed by atoms with Crippen molar-refractivity contribution in [3.8, 4) is 0 Å². The number of hydrogen-bond acceptors (Lipinski definition) is 4. The second-order valence-corrected chi connectivity index (χ2v) is 11.1. The molecule has 192 valence electrons. The number of nitrogens with zero attached hydrogens (tertiary/aromatic N) is 1. The van der Waals surface area contributed by atoms with Gasteiger partial charge in [-0.1, -0.05) is 57.0 Å². The van der Waals surface area contributed by atoms with Crippen LogP contribution >= 0.6 is 0 Å². The molecular formula is C27H45N3O4. The van der Waals surface area contributed by atoms with Crippen LogP contribution in [0.15, 0.2) is 24.3 Å². The molecule has 0 saturated carbocycles. The molecule has 7 heteroatoms. The topological polar surface area (TPSA) is 87.7 Å². The normalized spacial score (nSPS) is 14.5. The molecule has 34 heavy (non-hydrogen) atoms. The lowest BCUT2D eigenvalue weighted by molar-refractivity contribution is -0.144. The number of rotatable bonds is 9. The number of nitrogens with one attached hydrogen (secondary N) is 2. The van der Waals surface area contributed by atoms with E-state index >= 15 is 0 Å². The first-order chi connectivity index (χ1) is 15.6. The zero-order valence-electron chi connectivity index (χ0n) is 22.7. The molecule has 2 N–H and O–H groups in total. The van der Waals surface area contributed by atoms with Crippen LogP contribution in [0.2, 0.25) is 0 Å². The largest absolute Gasteiger partial charge is 0.444 e. The van der Waals surface area contributed by atoms with Crippen molar-refractivity contribution in [1.82, 2.24) is 15.5 Å². The average Bonchev–Trinajstić information content (AvgIpc) is 2.69. The molecule has 0 spiro atoms. The Hall–Kier alpha value is -2.57. The van der Waals surface area contributed by atoms with E-state index in [1.54, 1.807) is 25.7 Å². The lowest BCUT2D eigenvalue weighted by Crippen LogP contribution is -2.56. The number of carbonyl (C=O) groups excluding carboxylic acids is 3. The maximum Gasteiger partial charge on any atom is 0.408 e. The molecule has 3 amide bonds. The molecule has 0 fully saturated rings. The summed E-state index contributed by atoms with van der Waals surface area (Å²) in [5.74, 6) is -0.696. The van der Waals surface area contributed by atoms with Gasteiger partial charge in [0.25, 0.3) is 0 Å². The second-order valence-electron chi connectivity index (χ2n) is 11.1. The van der Waals surface area contributed by atoms with E-state index in [2.05, 4.69) is 10.6 Å². The van der Waals surface area contributed by atoms with E-state index in [-0.39, 0.29) is 17.7 Å². The van der Waals surface area contributed by atoms with Gasteiger partial charge in [0.2, 0.25) is 11.8 Å². The summed E-state index contributed by atoms with van der Waals surface area (Å²) in [4.78, 5) is 41.7. The molecule has 1 aromatic rings. The second kappa shape index (κ2) is 12.2. The third kappa shape index (κ3) is 9.35. The minimum atomic E-state index is -0.820. The highest BCUT2D eigenvalue weighted by Gasteiger charge is 2.38. The first-order valence-electron chi connectivity index (χ1n) is 12.3. The van der Waals surface area contributed by atoms with E-state index in [9.17, 15) is 14.4 Å². The predicted molar refractivity (Wildman–Crippen MR) is 136 cm³/mol. The zero-order chi connectivity index (χ0) is 26.3. The molecule has 3 unspecified atom stereocenters. The summed E-state index contributed by atoms with van der Waals surface area (Å²) in [5.41, 5.74) is 0.643. The molecule has 0 saturated heterocycles. The van der Waals surface area contributed by atoms with Crippen molar-refractivity contribution in [2.24, 2.45) is 5.92 Å². The van der Waals surface area contributed by atoms with Crippen LogP contribution in [0, 0.1) is 12.8 Å². The van der Waals surface area contributed by atoms with Crippen LogP contribution in [0.4, 0.5) is 4.79 Å². The molecule has 0 bridgehead atoms. The molecule has 0 aromatic heterocycles. The summed E-state index contributed by atoms with van der Waals surface area (Å²) in [6.07, 6.45) is 0.695. The molecule has 0 aliphatic rings. The first kappa shape index (κ1) is 29.5. The maximum atomic E-state index is 14.0. The molecular weight excluding hydrogens is 430 g/mol. The van der Waals surface area contributed by atoms with Gasteiger partial charge in [0, 0.05) is 12.1 Å². The Bertz CT molecular complexity index is 822. The quantitative estimate of drug-likeness (QED) is 0.518. The van der Waals surface area contributed by atoms with Gasteiger partial charge in [0.1, 0.15) is 17.7 Å². The van der Waals surface area contributed by atoms with Crippen LogP contribution in [0.3, 0.4) is 0 Å². The number of amides is 3. The van der Waals surface area contributed by atoms with Crippen molar-refractivity contribution in [3.63, 3.8) is 0 Å². The molecule has 7 nitrogen and oxygen atoms in total. The molecule has 0 aliphatic heterocycles. The van der Waals surface area contributed by atoms with Crippen LogP contribution < -0.4 is 10.6 Å². The van der Waals surface area contributed by atoms with Crippen LogP contribution in [0.25, 0.3) is 0 Å². The number of aryl methyl sites for hydroxylation is 1. The molecule has 0 aliphatic carbocycles. The van der Waals surface area contributed by atoms with Crippen LogP contribution in [0.5, 0.6) is 0 Å². The summed E-state index contributed by atoms with van der Waals surface area (Å²) < 4.78 is 5.42. The van der Waals surface area contributed by atoms with Gasteiger partial charge in [-0.25, -0.2) is 4.79 Å². The Labute approximate surface area is 206 Å². The maximum absolute atomic E-state index is 14.0. The highest BCUT2D eigenvalue weighted by atomic mass is 16.6. The smallest absolute Gasteiger partial charge is 0.408 e. The Balaban J connectivity index is 3.46. The van der Waals surface area contributed by atoms with E-state index in [0.717, 1.165) is 11.1 Å². The number of carbonyl (C=O) groups is 3. The molecule has 1 rings (SSSR count). The lowest BCUT2D eigenvalue weighted by Gasteiger charge is -2.37. The Morgan fingerprint density at radius 3 is 2.00 bits per heavy atom. The lowest BCUT2D eigenvalue weighted by atomic mass is 9.95. The van der Waals surface area contributed by atoms with Crippen LogP contribution in [0.1, 0.15) is 92.3 Å². The highest BCUT2D eigenvalue weighted by Crippen LogP contribution is 2.26. The summed E-state index contributed by atoms with van der Waals surface area (Å²) in [5, 5.41) is 5.82. The zero-order valence-corrected chi connectivity index (χ0v) is 22.7. The fourth-order valence-electron chi connectivity index (χ4n) is 3.56. The van der Waals surface area contributed by atoms with E-state index in [1.165, 1.54) is 0 Å². The fourth-order valence-corrected chi connectivity index (χ4v) is 3.56. The van der Waals surface area contributed by atoms with Crippen molar-refractivity contribution in [1.29, 1.82) is 0 Å². The number of hydrogen-bond donors (Lipinski definition) is 2. The van der Waals surface area contributed by atoms with Crippen LogP contribution in [-0.2, 0) is 14.3 Å². The van der Waals surface area contributed by atoms with Crippen molar-refractivity contribution in [3.05, 3.63) is 35.4 Å². The molecule has 1 aromatic carbocycles. The summed E-state index contributed by atoms with van der Waals surface area (Å²) in [6, 6.07) is 6.01. The van der Waals surface area contributed by atoms with E-state index in [1.807, 2.05) is 72.7 Å². The summed E-state index contributed by atoms with van der Waals surface area (Å²) in [7, 11) is 0. The number of ether oxygens (including phenoxy) is 1. The van der Waals surface area contributed by atoms with Gasteiger partial charge >= 0.3 is 6.09 Å². The third-order valence-electron chi connectivity index (χ3n) is 5.35.